The molecule has 3 heterocycles. The lowest BCUT2D eigenvalue weighted by atomic mass is 9.95. The summed E-state index contributed by atoms with van der Waals surface area (Å²) in [5.41, 5.74) is 5.16. The Morgan fingerprint density at radius 3 is 2.68 bits per heavy atom. The van der Waals surface area contributed by atoms with Crippen LogP contribution in [0, 0.1) is 25.3 Å². The number of nitrogens with zero attached hydrogens (tertiary/aromatic N) is 5. The Kier molecular flexibility index (Phi) is 4.98. The summed E-state index contributed by atoms with van der Waals surface area (Å²) >= 11 is 0. The van der Waals surface area contributed by atoms with Crippen LogP contribution in [0.2, 0.25) is 0 Å². The maximum atomic E-state index is 12.3. The second-order valence-electron chi connectivity index (χ2n) is 8.06. The Labute approximate surface area is 193 Å². The molecule has 0 radical (unpaired) electrons. The number of nitriles is 1. The monoisotopic (exact) mass is 452 g/mol. The minimum Gasteiger partial charge on any atom is -0.478 e. The van der Waals surface area contributed by atoms with Gasteiger partial charge in [-0.05, 0) is 38.5 Å². The van der Waals surface area contributed by atoms with E-state index in [4.69, 9.17) is 4.52 Å². The maximum absolute atomic E-state index is 12.3. The Morgan fingerprint density at radius 2 is 2.03 bits per heavy atom. The predicted octanol–water partition coefficient (Wildman–Crippen LogP) is 4.48. The molecule has 9 nitrogen and oxygen atoms in total. The summed E-state index contributed by atoms with van der Waals surface area (Å²) in [6.07, 6.45) is 3.52. The highest BCUT2D eigenvalue weighted by molar-refractivity contribution is 6.09. The number of carboxylic acid groups (broad SMARTS) is 1. The van der Waals surface area contributed by atoms with Crippen LogP contribution >= 0.6 is 0 Å². The van der Waals surface area contributed by atoms with Crippen molar-refractivity contribution in [2.75, 3.05) is 0 Å². The molecular weight excluding hydrogens is 432 g/mol. The average molecular weight is 452 g/mol. The molecule has 5 rings (SSSR count). The van der Waals surface area contributed by atoms with E-state index in [9.17, 15) is 15.2 Å². The number of aromatic amines is 1. The molecule has 0 bridgehead atoms. The molecule has 0 amide bonds. The molecule has 0 unspecified atom stereocenters. The highest BCUT2D eigenvalue weighted by Gasteiger charge is 2.23. The summed E-state index contributed by atoms with van der Waals surface area (Å²) in [4.78, 5) is 24.0. The second kappa shape index (κ2) is 8.01. The zero-order chi connectivity index (χ0) is 24.0. The van der Waals surface area contributed by atoms with Gasteiger partial charge in [0.2, 0.25) is 11.8 Å². The SMILES string of the molecule is Cc1noc(C)c1-c1cc2ncc3[nH]c(=NC#N)n([C@H](C)c4ccccc4)c3c2cc1C(=O)O. The van der Waals surface area contributed by atoms with E-state index in [2.05, 4.69) is 20.1 Å². The van der Waals surface area contributed by atoms with E-state index in [0.29, 0.717) is 50.1 Å². The van der Waals surface area contributed by atoms with Gasteiger partial charge in [-0.25, -0.2) is 4.79 Å². The van der Waals surface area contributed by atoms with Crippen molar-refractivity contribution in [2.45, 2.75) is 26.8 Å². The van der Waals surface area contributed by atoms with E-state index in [1.165, 1.54) is 0 Å². The molecule has 0 aliphatic carbocycles. The van der Waals surface area contributed by atoms with Crippen molar-refractivity contribution in [3.63, 3.8) is 0 Å². The summed E-state index contributed by atoms with van der Waals surface area (Å²) in [5.74, 6) is -0.543. The second-order valence-corrected chi connectivity index (χ2v) is 8.06. The van der Waals surface area contributed by atoms with Gasteiger partial charge in [0.15, 0.2) is 0 Å². The number of carbonyl (C=O) groups is 1. The van der Waals surface area contributed by atoms with Crippen LogP contribution in [-0.2, 0) is 0 Å². The van der Waals surface area contributed by atoms with Crippen LogP contribution in [0.25, 0.3) is 33.1 Å². The van der Waals surface area contributed by atoms with E-state index in [-0.39, 0.29) is 11.6 Å². The Balaban J connectivity index is 1.90. The van der Waals surface area contributed by atoms with Crippen LogP contribution in [0.3, 0.4) is 0 Å². The first-order valence-corrected chi connectivity index (χ1v) is 10.6. The zero-order valence-electron chi connectivity index (χ0n) is 18.7. The molecule has 0 saturated carbocycles. The van der Waals surface area contributed by atoms with Gasteiger partial charge in [0, 0.05) is 16.5 Å². The summed E-state index contributed by atoms with van der Waals surface area (Å²) in [5, 5.41) is 24.0. The first kappa shape index (κ1) is 21.2. The Bertz CT molecular complexity index is 1670. The minimum atomic E-state index is -1.07. The number of H-pyrrole nitrogens is 1. The number of aryl methyl sites for hydroxylation is 2. The summed E-state index contributed by atoms with van der Waals surface area (Å²) in [6, 6.07) is 13.0. The Morgan fingerprint density at radius 1 is 1.26 bits per heavy atom. The topological polar surface area (TPSA) is 133 Å². The van der Waals surface area contributed by atoms with E-state index >= 15 is 0 Å². The molecular formula is C25H20N6O3. The normalized spacial score (nSPS) is 12.8. The van der Waals surface area contributed by atoms with Crippen LogP contribution in [0.5, 0.6) is 0 Å². The lowest BCUT2D eigenvalue weighted by Gasteiger charge is -2.16. The van der Waals surface area contributed by atoms with Gasteiger partial charge in [0.05, 0.1) is 40.0 Å². The van der Waals surface area contributed by atoms with E-state index in [1.807, 2.05) is 48.0 Å². The van der Waals surface area contributed by atoms with Gasteiger partial charge >= 0.3 is 5.97 Å². The van der Waals surface area contributed by atoms with Gasteiger partial charge < -0.3 is 19.2 Å². The van der Waals surface area contributed by atoms with Crippen molar-refractivity contribution in [3.8, 4) is 17.3 Å². The molecule has 0 fully saturated rings. The fraction of sp³-hybridized carbons (Fsp3) is 0.160. The minimum absolute atomic E-state index is 0.107. The third-order valence-corrected chi connectivity index (χ3v) is 6.05. The standard InChI is InChI=1S/C25H20N6O3/c1-13-22(15(3)34-30-13)17-10-20-19(9-18(17)24(32)33)23-21(11-27-20)29-25(28-12-26)31(23)14(2)16-7-5-4-6-8-16/h4-11,14H,1-3H3,(H,28,29)(H,32,33)/t14-/m1/s1. The Hall–Kier alpha value is -4.71. The van der Waals surface area contributed by atoms with E-state index < -0.39 is 5.97 Å². The number of fused-ring (bicyclic) bond motifs is 3. The summed E-state index contributed by atoms with van der Waals surface area (Å²) < 4.78 is 7.18. The number of hydrogen-bond acceptors (Lipinski definition) is 6. The highest BCUT2D eigenvalue weighted by Crippen LogP contribution is 2.35. The van der Waals surface area contributed by atoms with Gasteiger partial charge in [-0.15, -0.1) is 4.99 Å². The molecule has 168 valence electrons. The van der Waals surface area contributed by atoms with Crippen molar-refractivity contribution in [1.82, 2.24) is 19.7 Å². The lowest BCUT2D eigenvalue weighted by Crippen LogP contribution is -2.22. The predicted molar refractivity (Wildman–Crippen MR) is 125 cm³/mol. The molecule has 3 aromatic heterocycles. The van der Waals surface area contributed by atoms with Crippen molar-refractivity contribution in [2.24, 2.45) is 4.99 Å². The van der Waals surface area contributed by atoms with Gasteiger partial charge in [-0.2, -0.15) is 5.26 Å². The first-order valence-electron chi connectivity index (χ1n) is 10.6. The number of nitrogens with one attached hydrogen (secondary N) is 1. The van der Waals surface area contributed by atoms with Crippen molar-refractivity contribution < 1.29 is 14.4 Å². The third kappa shape index (κ3) is 3.24. The van der Waals surface area contributed by atoms with E-state index in [0.717, 1.165) is 5.56 Å². The molecule has 2 aromatic carbocycles. The number of rotatable bonds is 4. The fourth-order valence-corrected chi connectivity index (χ4v) is 4.50. The maximum Gasteiger partial charge on any atom is 0.336 e. The van der Waals surface area contributed by atoms with Crippen LogP contribution < -0.4 is 5.62 Å². The highest BCUT2D eigenvalue weighted by atomic mass is 16.5. The molecule has 0 aliphatic rings. The van der Waals surface area contributed by atoms with Gasteiger partial charge in [-0.3, -0.25) is 4.98 Å². The zero-order valence-corrected chi connectivity index (χ0v) is 18.7. The number of imidazole rings is 1. The first-order chi connectivity index (χ1) is 16.4. The lowest BCUT2D eigenvalue weighted by molar-refractivity contribution is 0.0698. The number of benzene rings is 2. The number of aromatic carboxylic acids is 1. The van der Waals surface area contributed by atoms with Crippen molar-refractivity contribution >= 4 is 27.9 Å². The molecule has 0 spiro atoms. The smallest absolute Gasteiger partial charge is 0.336 e. The third-order valence-electron chi connectivity index (χ3n) is 6.05. The van der Waals surface area contributed by atoms with Crippen LogP contribution in [-0.4, -0.2) is 30.8 Å². The van der Waals surface area contributed by atoms with Crippen molar-refractivity contribution in [3.05, 3.63) is 76.9 Å². The summed E-state index contributed by atoms with van der Waals surface area (Å²) in [6.45, 7) is 5.52. The number of pyridine rings is 1. The van der Waals surface area contributed by atoms with Gasteiger partial charge in [0.1, 0.15) is 5.76 Å². The number of hydrogen-bond donors (Lipinski definition) is 2. The molecule has 0 saturated heterocycles. The van der Waals surface area contributed by atoms with Gasteiger partial charge in [0.25, 0.3) is 0 Å². The molecule has 0 aliphatic heterocycles. The fourth-order valence-electron chi connectivity index (χ4n) is 4.50. The molecule has 5 aromatic rings. The average Bonchev–Trinajstić information content (AvgIpc) is 3.37. The molecule has 1 atom stereocenters. The van der Waals surface area contributed by atoms with Crippen LogP contribution in [0.15, 0.2) is 58.2 Å². The van der Waals surface area contributed by atoms with Crippen LogP contribution in [0.4, 0.5) is 0 Å². The van der Waals surface area contributed by atoms with E-state index in [1.54, 1.807) is 32.2 Å². The largest absolute Gasteiger partial charge is 0.478 e. The number of carboxylic acids is 1. The quantitative estimate of drug-likeness (QED) is 0.386. The molecule has 9 heteroatoms. The van der Waals surface area contributed by atoms with Gasteiger partial charge in [-0.1, -0.05) is 35.5 Å². The van der Waals surface area contributed by atoms with Crippen LogP contribution in [0.1, 0.15) is 40.3 Å². The van der Waals surface area contributed by atoms with Crippen molar-refractivity contribution in [1.29, 1.82) is 5.26 Å². The summed E-state index contributed by atoms with van der Waals surface area (Å²) in [7, 11) is 0. The molecule has 2 N–H and O–H groups in total. The number of aromatic nitrogens is 4. The molecule has 34 heavy (non-hydrogen) atoms.